The summed E-state index contributed by atoms with van der Waals surface area (Å²) in [6.45, 7) is 2.38. The molecule has 0 aliphatic heterocycles. The second-order valence-corrected chi connectivity index (χ2v) is 8.42. The van der Waals surface area contributed by atoms with Crippen molar-refractivity contribution in [1.29, 1.82) is 0 Å². The summed E-state index contributed by atoms with van der Waals surface area (Å²) in [6, 6.07) is 14.2. The molecule has 0 bridgehead atoms. The molecule has 0 spiro atoms. The number of ether oxygens (including phenoxy) is 1. The van der Waals surface area contributed by atoms with Gasteiger partial charge in [-0.2, -0.15) is 0 Å². The van der Waals surface area contributed by atoms with Gasteiger partial charge in [0, 0.05) is 12.5 Å². The van der Waals surface area contributed by atoms with Crippen LogP contribution in [0.25, 0.3) is 11.1 Å². The Labute approximate surface area is 193 Å². The van der Waals surface area contributed by atoms with Crippen molar-refractivity contribution in [3.05, 3.63) is 59.7 Å². The lowest BCUT2D eigenvalue weighted by Crippen LogP contribution is -2.52. The smallest absolute Gasteiger partial charge is 0.407 e. The zero-order chi connectivity index (χ0) is 24.0. The highest BCUT2D eigenvalue weighted by molar-refractivity contribution is 5.89. The van der Waals surface area contributed by atoms with Crippen molar-refractivity contribution in [2.24, 2.45) is 0 Å². The van der Waals surface area contributed by atoms with Gasteiger partial charge in [-0.3, -0.25) is 4.79 Å². The molecule has 0 heterocycles. The first-order valence-corrected chi connectivity index (χ1v) is 11.1. The van der Waals surface area contributed by atoms with E-state index >= 15 is 0 Å². The number of alkyl carbamates (subject to hydrolysis) is 1. The Morgan fingerprint density at radius 3 is 2.06 bits per heavy atom. The molecule has 33 heavy (non-hydrogen) atoms. The number of fused-ring (bicyclic) bond motifs is 3. The van der Waals surface area contributed by atoms with E-state index in [-0.39, 0.29) is 18.9 Å². The number of aliphatic carboxylic acids is 1. The van der Waals surface area contributed by atoms with Gasteiger partial charge in [-0.25, -0.2) is 9.59 Å². The van der Waals surface area contributed by atoms with E-state index in [1.807, 2.05) is 55.4 Å². The van der Waals surface area contributed by atoms with Crippen LogP contribution in [0, 0.1) is 0 Å². The first kappa shape index (κ1) is 24.3. The Bertz CT molecular complexity index is 962. The number of benzene rings is 2. The van der Waals surface area contributed by atoms with Gasteiger partial charge in [0.1, 0.15) is 18.7 Å². The molecule has 2 atom stereocenters. The van der Waals surface area contributed by atoms with Gasteiger partial charge in [0.2, 0.25) is 5.91 Å². The zero-order valence-corrected chi connectivity index (χ0v) is 19.2. The molecule has 3 rings (SSSR count). The van der Waals surface area contributed by atoms with E-state index in [1.165, 1.54) is 0 Å². The molecule has 0 radical (unpaired) electrons. The predicted molar refractivity (Wildman–Crippen MR) is 125 cm³/mol. The van der Waals surface area contributed by atoms with Crippen LogP contribution in [0.2, 0.25) is 0 Å². The SMILES string of the molecule is CCC(NC(=O)OCC1c2ccccc2-c2ccccc21)C(=O)NC(CCN(C)C)C(=O)O. The van der Waals surface area contributed by atoms with Crippen molar-refractivity contribution < 1.29 is 24.2 Å². The minimum atomic E-state index is -1.11. The lowest BCUT2D eigenvalue weighted by atomic mass is 9.98. The minimum Gasteiger partial charge on any atom is -0.480 e. The fraction of sp³-hybridized carbons (Fsp3) is 0.400. The minimum absolute atomic E-state index is 0.0838. The van der Waals surface area contributed by atoms with Crippen LogP contribution in [0.15, 0.2) is 48.5 Å². The van der Waals surface area contributed by atoms with Crippen molar-refractivity contribution in [2.45, 2.75) is 37.8 Å². The van der Waals surface area contributed by atoms with E-state index in [0.29, 0.717) is 13.0 Å². The average Bonchev–Trinajstić information content (AvgIpc) is 3.12. The normalized spacial score (nSPS) is 14.2. The molecule has 176 valence electrons. The van der Waals surface area contributed by atoms with Gasteiger partial charge in [-0.1, -0.05) is 55.5 Å². The monoisotopic (exact) mass is 453 g/mol. The lowest BCUT2D eigenvalue weighted by Gasteiger charge is -2.22. The number of carboxylic acids is 1. The summed E-state index contributed by atoms with van der Waals surface area (Å²) < 4.78 is 5.50. The second kappa shape index (κ2) is 11.0. The van der Waals surface area contributed by atoms with Crippen LogP contribution in [0.5, 0.6) is 0 Å². The number of nitrogens with zero attached hydrogens (tertiary/aromatic N) is 1. The standard InChI is InChI=1S/C25H31N3O5/c1-4-21(23(29)26-22(24(30)31)13-14-28(2)3)27-25(32)33-15-20-18-11-7-5-9-16(18)17-10-6-8-12-19(17)20/h5-12,20-22H,4,13-15H2,1-3H3,(H,26,29)(H,27,32)(H,30,31). The highest BCUT2D eigenvalue weighted by atomic mass is 16.5. The van der Waals surface area contributed by atoms with E-state index in [4.69, 9.17) is 4.74 Å². The molecule has 0 saturated carbocycles. The van der Waals surface area contributed by atoms with Crippen molar-refractivity contribution in [3.63, 3.8) is 0 Å². The van der Waals surface area contributed by atoms with Crippen LogP contribution in [0.4, 0.5) is 4.79 Å². The van der Waals surface area contributed by atoms with E-state index in [9.17, 15) is 19.5 Å². The fourth-order valence-electron chi connectivity index (χ4n) is 4.05. The predicted octanol–water partition coefficient (Wildman–Crippen LogP) is 2.82. The quantitative estimate of drug-likeness (QED) is 0.511. The van der Waals surface area contributed by atoms with Gasteiger partial charge in [-0.05, 0) is 49.2 Å². The summed E-state index contributed by atoms with van der Waals surface area (Å²) in [5.74, 6) is -1.74. The Hall–Kier alpha value is -3.39. The Kier molecular flexibility index (Phi) is 8.06. The van der Waals surface area contributed by atoms with E-state index in [0.717, 1.165) is 22.3 Å². The van der Waals surface area contributed by atoms with Gasteiger partial charge >= 0.3 is 12.1 Å². The fourth-order valence-corrected chi connectivity index (χ4v) is 4.05. The van der Waals surface area contributed by atoms with E-state index in [1.54, 1.807) is 6.92 Å². The molecule has 0 saturated heterocycles. The molecule has 8 heteroatoms. The third-order valence-electron chi connectivity index (χ3n) is 5.84. The number of hydrogen-bond acceptors (Lipinski definition) is 5. The second-order valence-electron chi connectivity index (χ2n) is 8.42. The number of rotatable bonds is 10. The zero-order valence-electron chi connectivity index (χ0n) is 19.2. The Morgan fingerprint density at radius 1 is 0.970 bits per heavy atom. The first-order chi connectivity index (χ1) is 15.8. The number of carboxylic acid groups (broad SMARTS) is 1. The van der Waals surface area contributed by atoms with Crippen LogP contribution in [-0.2, 0) is 14.3 Å². The maximum absolute atomic E-state index is 12.6. The van der Waals surface area contributed by atoms with Crippen LogP contribution < -0.4 is 10.6 Å². The summed E-state index contributed by atoms with van der Waals surface area (Å²) in [5.41, 5.74) is 4.46. The van der Waals surface area contributed by atoms with Crippen LogP contribution in [-0.4, -0.2) is 67.3 Å². The third-order valence-corrected chi connectivity index (χ3v) is 5.84. The molecule has 2 aromatic carbocycles. The molecule has 3 N–H and O–H groups in total. The van der Waals surface area contributed by atoms with Crippen LogP contribution in [0.1, 0.15) is 36.8 Å². The molecule has 2 aromatic rings. The van der Waals surface area contributed by atoms with Gasteiger partial charge in [0.15, 0.2) is 0 Å². The number of carbonyl (C=O) groups excluding carboxylic acids is 2. The van der Waals surface area contributed by atoms with Gasteiger partial charge in [0.05, 0.1) is 0 Å². The maximum Gasteiger partial charge on any atom is 0.407 e. The molecule has 0 aromatic heterocycles. The number of amides is 2. The Balaban J connectivity index is 1.59. The number of nitrogens with one attached hydrogen (secondary N) is 2. The van der Waals surface area contributed by atoms with Gasteiger partial charge in [0.25, 0.3) is 0 Å². The highest BCUT2D eigenvalue weighted by Gasteiger charge is 2.30. The topological polar surface area (TPSA) is 108 Å². The summed E-state index contributed by atoms with van der Waals surface area (Å²) in [7, 11) is 3.66. The van der Waals surface area contributed by atoms with Crippen LogP contribution >= 0.6 is 0 Å². The first-order valence-electron chi connectivity index (χ1n) is 11.1. The molecular weight excluding hydrogens is 422 g/mol. The molecule has 1 aliphatic carbocycles. The third kappa shape index (κ3) is 5.90. The summed E-state index contributed by atoms with van der Waals surface area (Å²) >= 11 is 0. The number of hydrogen-bond donors (Lipinski definition) is 3. The average molecular weight is 454 g/mol. The van der Waals surface area contributed by atoms with Crippen molar-refractivity contribution in [3.8, 4) is 11.1 Å². The summed E-state index contributed by atoms with van der Waals surface area (Å²) in [6.07, 6.45) is -0.148. The number of carbonyl (C=O) groups is 3. The molecule has 2 unspecified atom stereocenters. The van der Waals surface area contributed by atoms with E-state index in [2.05, 4.69) is 22.8 Å². The molecule has 1 aliphatic rings. The van der Waals surface area contributed by atoms with Crippen molar-refractivity contribution >= 4 is 18.0 Å². The molecule has 2 amide bonds. The maximum atomic E-state index is 12.6. The van der Waals surface area contributed by atoms with Gasteiger partial charge in [-0.15, -0.1) is 0 Å². The molecule has 0 fully saturated rings. The molecular formula is C25H31N3O5. The van der Waals surface area contributed by atoms with Crippen molar-refractivity contribution in [1.82, 2.24) is 15.5 Å². The largest absolute Gasteiger partial charge is 0.480 e. The molecule has 8 nitrogen and oxygen atoms in total. The van der Waals surface area contributed by atoms with Gasteiger partial charge < -0.3 is 25.4 Å². The summed E-state index contributed by atoms with van der Waals surface area (Å²) in [5, 5.41) is 14.5. The van der Waals surface area contributed by atoms with E-state index < -0.39 is 30.1 Å². The Morgan fingerprint density at radius 2 is 1.55 bits per heavy atom. The summed E-state index contributed by atoms with van der Waals surface area (Å²) in [4.78, 5) is 38.4. The highest BCUT2D eigenvalue weighted by Crippen LogP contribution is 2.44. The van der Waals surface area contributed by atoms with Crippen LogP contribution in [0.3, 0.4) is 0 Å². The lowest BCUT2D eigenvalue weighted by molar-refractivity contribution is -0.142. The van der Waals surface area contributed by atoms with Crippen molar-refractivity contribution in [2.75, 3.05) is 27.2 Å².